The van der Waals surface area contributed by atoms with E-state index in [1.165, 1.54) is 6.07 Å². The van der Waals surface area contributed by atoms with Crippen molar-refractivity contribution in [2.24, 2.45) is 5.92 Å². The number of anilines is 1. The molecule has 0 aliphatic carbocycles. The van der Waals surface area contributed by atoms with Crippen molar-refractivity contribution in [1.29, 1.82) is 0 Å². The van der Waals surface area contributed by atoms with Crippen LogP contribution in [0.3, 0.4) is 0 Å². The van der Waals surface area contributed by atoms with Gasteiger partial charge in [0.05, 0.1) is 11.5 Å². The van der Waals surface area contributed by atoms with Crippen LogP contribution < -0.4 is 9.64 Å². The molecular weight excluding hydrogens is 407 g/mol. The van der Waals surface area contributed by atoms with E-state index in [2.05, 4.69) is 0 Å². The van der Waals surface area contributed by atoms with Crippen LogP contribution in [0.5, 0.6) is 5.75 Å². The number of aliphatic carboxylic acids is 1. The van der Waals surface area contributed by atoms with Gasteiger partial charge in [0, 0.05) is 24.3 Å². The fraction of sp³-hybridized carbons (Fsp3) is 0.208. The Morgan fingerprint density at radius 3 is 2.42 bits per heavy atom. The van der Waals surface area contributed by atoms with Crippen molar-refractivity contribution in [3.8, 4) is 16.9 Å². The molecule has 0 unspecified atom stereocenters. The Hall–Kier alpha value is -3.48. The lowest BCUT2D eigenvalue weighted by Gasteiger charge is -2.38. The Labute approximate surface area is 177 Å². The quantitative estimate of drug-likeness (QED) is 0.567. The summed E-state index contributed by atoms with van der Waals surface area (Å²) in [6.07, 6.45) is -4.48. The zero-order chi connectivity index (χ0) is 22.0. The number of carboxylic acids is 1. The lowest BCUT2D eigenvalue weighted by molar-refractivity contribution is -0.142. The van der Waals surface area contributed by atoms with E-state index >= 15 is 0 Å². The maximum atomic E-state index is 13.4. The van der Waals surface area contributed by atoms with Gasteiger partial charge in [-0.25, -0.2) is 0 Å². The average Bonchev–Trinajstić information content (AvgIpc) is 2.71. The highest BCUT2D eigenvalue weighted by Gasteiger charge is 2.33. The van der Waals surface area contributed by atoms with Gasteiger partial charge in [-0.1, -0.05) is 42.5 Å². The SMILES string of the molecule is O=C(O)C1CN(c2cccc(-c3cc(C(F)(F)F)ccc3OCc3ccccc3)c2)C1. The number of carboxylic acid groups (broad SMARTS) is 1. The Balaban J connectivity index is 1.65. The molecule has 0 bridgehead atoms. The number of nitrogens with zero attached hydrogens (tertiary/aromatic N) is 1. The molecule has 160 valence electrons. The minimum atomic E-state index is -4.48. The maximum absolute atomic E-state index is 13.4. The molecule has 1 N–H and O–H groups in total. The summed E-state index contributed by atoms with van der Waals surface area (Å²) < 4.78 is 45.9. The lowest BCUT2D eigenvalue weighted by atomic mass is 9.97. The Bertz CT molecular complexity index is 1080. The zero-order valence-electron chi connectivity index (χ0n) is 16.5. The molecular formula is C24H20F3NO3. The molecule has 0 spiro atoms. The zero-order valence-corrected chi connectivity index (χ0v) is 16.5. The summed E-state index contributed by atoms with van der Waals surface area (Å²) in [6, 6.07) is 19.9. The Kier molecular flexibility index (Phi) is 5.59. The number of hydrogen-bond acceptors (Lipinski definition) is 3. The number of hydrogen-bond donors (Lipinski definition) is 1. The van der Waals surface area contributed by atoms with E-state index in [-0.39, 0.29) is 6.61 Å². The van der Waals surface area contributed by atoms with Crippen LogP contribution in [0.2, 0.25) is 0 Å². The normalized spacial score (nSPS) is 14.2. The lowest BCUT2D eigenvalue weighted by Crippen LogP contribution is -2.50. The molecule has 0 amide bonds. The summed E-state index contributed by atoms with van der Waals surface area (Å²) >= 11 is 0. The van der Waals surface area contributed by atoms with Crippen LogP contribution in [0.15, 0.2) is 72.8 Å². The first kappa shape index (κ1) is 20.8. The number of ether oxygens (including phenoxy) is 1. The molecule has 4 nitrogen and oxygen atoms in total. The molecule has 4 rings (SSSR count). The van der Waals surface area contributed by atoms with Crippen molar-refractivity contribution in [1.82, 2.24) is 0 Å². The standard InChI is InChI=1S/C24H20F3NO3/c25-24(26,27)19-9-10-22(31-15-16-5-2-1-3-6-16)21(12-19)17-7-4-8-20(11-17)28-13-18(14-28)23(29)30/h1-12,18H,13-15H2,(H,29,30). The second kappa shape index (κ2) is 8.34. The van der Waals surface area contributed by atoms with Crippen LogP contribution in [0, 0.1) is 5.92 Å². The van der Waals surface area contributed by atoms with Gasteiger partial charge in [0.25, 0.3) is 0 Å². The smallest absolute Gasteiger partial charge is 0.416 e. The fourth-order valence-corrected chi connectivity index (χ4v) is 3.51. The number of benzene rings is 3. The molecule has 0 atom stereocenters. The van der Waals surface area contributed by atoms with E-state index in [9.17, 15) is 18.0 Å². The third-order valence-electron chi connectivity index (χ3n) is 5.30. The Morgan fingerprint density at radius 2 is 1.74 bits per heavy atom. The van der Waals surface area contributed by atoms with Crippen LogP contribution >= 0.6 is 0 Å². The van der Waals surface area contributed by atoms with Crippen molar-refractivity contribution in [3.63, 3.8) is 0 Å². The molecule has 3 aromatic carbocycles. The molecule has 3 aromatic rings. The van der Waals surface area contributed by atoms with E-state index in [0.29, 0.717) is 30.0 Å². The van der Waals surface area contributed by atoms with Gasteiger partial charge in [-0.3, -0.25) is 4.79 Å². The molecule has 1 aliphatic heterocycles. The summed E-state index contributed by atoms with van der Waals surface area (Å²) in [4.78, 5) is 13.0. The first-order valence-corrected chi connectivity index (χ1v) is 9.77. The van der Waals surface area contributed by atoms with Gasteiger partial charge in [0.2, 0.25) is 0 Å². The monoisotopic (exact) mass is 427 g/mol. The van der Waals surface area contributed by atoms with E-state index in [4.69, 9.17) is 9.84 Å². The molecule has 0 radical (unpaired) electrons. The van der Waals surface area contributed by atoms with Crippen molar-refractivity contribution in [3.05, 3.63) is 83.9 Å². The number of rotatable bonds is 6. The number of alkyl halides is 3. The highest BCUT2D eigenvalue weighted by molar-refractivity contribution is 5.77. The minimum Gasteiger partial charge on any atom is -0.488 e. The second-order valence-electron chi connectivity index (χ2n) is 7.47. The van der Waals surface area contributed by atoms with Crippen molar-refractivity contribution < 1.29 is 27.8 Å². The molecule has 0 aromatic heterocycles. The molecule has 1 fully saturated rings. The predicted octanol–water partition coefficient (Wildman–Crippen LogP) is 5.47. The van der Waals surface area contributed by atoms with E-state index in [1.54, 1.807) is 18.2 Å². The number of carbonyl (C=O) groups is 1. The third kappa shape index (κ3) is 4.66. The van der Waals surface area contributed by atoms with Crippen molar-refractivity contribution >= 4 is 11.7 Å². The van der Waals surface area contributed by atoms with Crippen LogP contribution in [-0.2, 0) is 17.6 Å². The van der Waals surface area contributed by atoms with Gasteiger partial charge < -0.3 is 14.7 Å². The topological polar surface area (TPSA) is 49.8 Å². The molecule has 1 aliphatic rings. The first-order chi connectivity index (χ1) is 14.8. The van der Waals surface area contributed by atoms with Gasteiger partial charge >= 0.3 is 12.1 Å². The van der Waals surface area contributed by atoms with Crippen LogP contribution in [-0.4, -0.2) is 24.2 Å². The van der Waals surface area contributed by atoms with Crippen molar-refractivity contribution in [2.45, 2.75) is 12.8 Å². The Morgan fingerprint density at radius 1 is 1.00 bits per heavy atom. The first-order valence-electron chi connectivity index (χ1n) is 9.77. The molecule has 0 saturated carbocycles. The summed E-state index contributed by atoms with van der Waals surface area (Å²) in [5.41, 5.74) is 1.83. The van der Waals surface area contributed by atoms with Crippen LogP contribution in [0.1, 0.15) is 11.1 Å². The summed E-state index contributed by atoms with van der Waals surface area (Å²) in [5, 5.41) is 9.08. The maximum Gasteiger partial charge on any atom is 0.416 e. The molecule has 1 heterocycles. The highest BCUT2D eigenvalue weighted by atomic mass is 19.4. The number of halogens is 3. The summed E-state index contributed by atoms with van der Waals surface area (Å²) in [5.74, 6) is -0.926. The fourth-order valence-electron chi connectivity index (χ4n) is 3.51. The van der Waals surface area contributed by atoms with Crippen molar-refractivity contribution in [2.75, 3.05) is 18.0 Å². The highest BCUT2D eigenvalue weighted by Crippen LogP contribution is 2.39. The van der Waals surface area contributed by atoms with Gasteiger partial charge in [-0.05, 0) is 41.5 Å². The van der Waals surface area contributed by atoms with E-state index in [0.717, 1.165) is 23.4 Å². The van der Waals surface area contributed by atoms with Gasteiger partial charge in [-0.15, -0.1) is 0 Å². The van der Waals surface area contributed by atoms with E-state index in [1.807, 2.05) is 41.3 Å². The molecule has 7 heteroatoms. The van der Waals surface area contributed by atoms with E-state index < -0.39 is 23.6 Å². The second-order valence-corrected chi connectivity index (χ2v) is 7.47. The van der Waals surface area contributed by atoms with Crippen LogP contribution in [0.25, 0.3) is 11.1 Å². The van der Waals surface area contributed by atoms with Gasteiger partial charge in [-0.2, -0.15) is 13.2 Å². The summed E-state index contributed by atoms with van der Waals surface area (Å²) in [6.45, 7) is 0.975. The molecule has 1 saturated heterocycles. The van der Waals surface area contributed by atoms with Gasteiger partial charge in [0.15, 0.2) is 0 Å². The average molecular weight is 427 g/mol. The molecule has 31 heavy (non-hydrogen) atoms. The largest absolute Gasteiger partial charge is 0.488 e. The minimum absolute atomic E-state index is 0.227. The summed E-state index contributed by atoms with van der Waals surface area (Å²) in [7, 11) is 0. The van der Waals surface area contributed by atoms with Gasteiger partial charge in [0.1, 0.15) is 12.4 Å². The predicted molar refractivity (Wildman–Crippen MR) is 111 cm³/mol. The van der Waals surface area contributed by atoms with Crippen LogP contribution in [0.4, 0.5) is 18.9 Å². The third-order valence-corrected chi connectivity index (χ3v) is 5.30.